The zero-order valence-corrected chi connectivity index (χ0v) is 5.04. The maximum Gasteiger partial charge on any atom is 0.0830 e. The number of hydrogen-bond donors (Lipinski definition) is 2. The molecule has 0 aliphatic carbocycles. The number of aliphatic hydroxyl groups excluding tert-OH is 2. The molecule has 0 heterocycles. The fraction of sp³-hybridized carbons (Fsp3) is 0.667. The summed E-state index contributed by atoms with van der Waals surface area (Å²) >= 11 is 0. The maximum atomic E-state index is 8.81. The van der Waals surface area contributed by atoms with Crippen LogP contribution in [0.25, 0.3) is 0 Å². The van der Waals surface area contributed by atoms with E-state index in [0.717, 1.165) is 0 Å². The molecule has 2 atom stereocenters. The smallest absolute Gasteiger partial charge is 0.0830 e. The van der Waals surface area contributed by atoms with Crippen LogP contribution in [0, 0.1) is 5.92 Å². The van der Waals surface area contributed by atoms with E-state index < -0.39 is 6.10 Å². The molecule has 0 rings (SSSR count). The lowest BCUT2D eigenvalue weighted by Gasteiger charge is -2.10. The second-order valence-electron chi connectivity index (χ2n) is 1.84. The summed E-state index contributed by atoms with van der Waals surface area (Å²) in [6, 6.07) is 0. The fourth-order valence-corrected chi connectivity index (χ4v) is 0.323. The van der Waals surface area contributed by atoms with Crippen LogP contribution >= 0.6 is 0 Å². The molecule has 0 aromatic heterocycles. The molecule has 0 saturated heterocycles. The van der Waals surface area contributed by atoms with Crippen LogP contribution in [0.2, 0.25) is 0 Å². The van der Waals surface area contributed by atoms with Crippen LogP contribution in [0.15, 0.2) is 12.7 Å². The van der Waals surface area contributed by atoms with Crippen molar-refractivity contribution in [1.29, 1.82) is 0 Å². The summed E-state index contributed by atoms with van der Waals surface area (Å²) in [5.74, 6) is -0.0139. The molecule has 0 aliphatic rings. The summed E-state index contributed by atoms with van der Waals surface area (Å²) in [4.78, 5) is 0. The standard InChI is InChI=1S/C6H12O2/c1-3-5(2)6(8)4-7/h3,5-8H,1,4H2,2H3. The third-order valence-electron chi connectivity index (χ3n) is 1.17. The number of aliphatic hydroxyl groups is 2. The molecule has 0 spiro atoms. The van der Waals surface area contributed by atoms with Crippen molar-refractivity contribution in [3.05, 3.63) is 12.7 Å². The number of hydrogen-bond acceptors (Lipinski definition) is 2. The molecule has 0 aliphatic heterocycles. The summed E-state index contributed by atoms with van der Waals surface area (Å²) < 4.78 is 0. The van der Waals surface area contributed by atoms with Crippen LogP contribution in [0.3, 0.4) is 0 Å². The van der Waals surface area contributed by atoms with Crippen LogP contribution in [0.5, 0.6) is 0 Å². The minimum atomic E-state index is -0.646. The molecule has 8 heavy (non-hydrogen) atoms. The molecule has 0 aromatic carbocycles. The molecule has 2 nitrogen and oxygen atoms in total. The first kappa shape index (κ1) is 7.66. The molecule has 0 aromatic rings. The molecule has 0 saturated carbocycles. The fourth-order valence-electron chi connectivity index (χ4n) is 0.323. The Morgan fingerprint density at radius 2 is 2.25 bits per heavy atom. The molecule has 48 valence electrons. The Morgan fingerprint density at radius 3 is 2.38 bits per heavy atom. The van der Waals surface area contributed by atoms with Gasteiger partial charge in [-0.15, -0.1) is 6.58 Å². The van der Waals surface area contributed by atoms with Crippen molar-refractivity contribution in [3.63, 3.8) is 0 Å². The van der Waals surface area contributed by atoms with E-state index in [4.69, 9.17) is 10.2 Å². The van der Waals surface area contributed by atoms with E-state index in [9.17, 15) is 0 Å². The van der Waals surface area contributed by atoms with E-state index in [1.165, 1.54) is 0 Å². The average molecular weight is 116 g/mol. The van der Waals surface area contributed by atoms with Crippen LogP contribution in [-0.4, -0.2) is 22.9 Å². The zero-order valence-electron chi connectivity index (χ0n) is 5.04. The third-order valence-corrected chi connectivity index (χ3v) is 1.17. The maximum absolute atomic E-state index is 8.81. The molecular weight excluding hydrogens is 104 g/mol. The van der Waals surface area contributed by atoms with Crippen molar-refractivity contribution in [2.24, 2.45) is 5.92 Å². The van der Waals surface area contributed by atoms with Gasteiger partial charge in [0.05, 0.1) is 12.7 Å². The first-order valence-electron chi connectivity index (χ1n) is 2.63. The topological polar surface area (TPSA) is 40.5 Å². The summed E-state index contributed by atoms with van der Waals surface area (Å²) in [6.07, 6.45) is 0.966. The molecule has 2 N–H and O–H groups in total. The second kappa shape index (κ2) is 3.64. The third kappa shape index (κ3) is 2.09. The minimum absolute atomic E-state index is 0.0139. The Balaban J connectivity index is 3.44. The van der Waals surface area contributed by atoms with E-state index >= 15 is 0 Å². The Kier molecular flexibility index (Phi) is 3.48. The van der Waals surface area contributed by atoms with E-state index in [-0.39, 0.29) is 12.5 Å². The van der Waals surface area contributed by atoms with E-state index in [1.54, 1.807) is 13.0 Å². The largest absolute Gasteiger partial charge is 0.394 e. The zero-order chi connectivity index (χ0) is 6.57. The normalized spacial score (nSPS) is 17.4. The Morgan fingerprint density at radius 1 is 1.75 bits per heavy atom. The highest BCUT2D eigenvalue weighted by Crippen LogP contribution is 2.01. The lowest BCUT2D eigenvalue weighted by atomic mass is 10.1. The average Bonchev–Trinajstić information content (AvgIpc) is 1.84. The van der Waals surface area contributed by atoms with Crippen LogP contribution in [0.1, 0.15) is 6.92 Å². The molecular formula is C6H12O2. The predicted octanol–water partition coefficient (Wildman–Crippen LogP) is 0.162. The Labute approximate surface area is 49.5 Å². The van der Waals surface area contributed by atoms with E-state index in [0.29, 0.717) is 0 Å². The highest BCUT2D eigenvalue weighted by atomic mass is 16.3. The van der Waals surface area contributed by atoms with Crippen molar-refractivity contribution in [1.82, 2.24) is 0 Å². The summed E-state index contributed by atoms with van der Waals surface area (Å²) in [7, 11) is 0. The minimum Gasteiger partial charge on any atom is -0.394 e. The van der Waals surface area contributed by atoms with Gasteiger partial charge in [-0.3, -0.25) is 0 Å². The quantitative estimate of drug-likeness (QED) is 0.516. The molecule has 2 heteroatoms. The van der Waals surface area contributed by atoms with Gasteiger partial charge in [0.1, 0.15) is 0 Å². The van der Waals surface area contributed by atoms with Crippen molar-refractivity contribution in [2.75, 3.05) is 6.61 Å². The lowest BCUT2D eigenvalue weighted by Crippen LogP contribution is -2.19. The summed E-state index contributed by atoms with van der Waals surface area (Å²) in [5, 5.41) is 17.1. The van der Waals surface area contributed by atoms with Gasteiger partial charge >= 0.3 is 0 Å². The first-order valence-corrected chi connectivity index (χ1v) is 2.63. The van der Waals surface area contributed by atoms with Gasteiger partial charge in [0.2, 0.25) is 0 Å². The molecule has 2 unspecified atom stereocenters. The van der Waals surface area contributed by atoms with Gasteiger partial charge < -0.3 is 10.2 Å². The van der Waals surface area contributed by atoms with Crippen molar-refractivity contribution >= 4 is 0 Å². The van der Waals surface area contributed by atoms with E-state index in [2.05, 4.69) is 6.58 Å². The van der Waals surface area contributed by atoms with Gasteiger partial charge in [-0.2, -0.15) is 0 Å². The van der Waals surface area contributed by atoms with Crippen LogP contribution < -0.4 is 0 Å². The first-order chi connectivity index (χ1) is 3.72. The van der Waals surface area contributed by atoms with Crippen LogP contribution in [0.4, 0.5) is 0 Å². The van der Waals surface area contributed by atoms with Gasteiger partial charge in [-0.05, 0) is 0 Å². The van der Waals surface area contributed by atoms with E-state index in [1.807, 2.05) is 0 Å². The SMILES string of the molecule is C=CC(C)C(O)CO. The highest BCUT2D eigenvalue weighted by Gasteiger charge is 2.06. The predicted molar refractivity (Wildman–Crippen MR) is 32.5 cm³/mol. The van der Waals surface area contributed by atoms with Gasteiger partial charge in [0.25, 0.3) is 0 Å². The van der Waals surface area contributed by atoms with Gasteiger partial charge in [0, 0.05) is 5.92 Å². The molecule has 0 amide bonds. The van der Waals surface area contributed by atoms with Crippen molar-refractivity contribution in [2.45, 2.75) is 13.0 Å². The molecule has 0 bridgehead atoms. The van der Waals surface area contributed by atoms with Crippen molar-refractivity contribution < 1.29 is 10.2 Å². The second-order valence-corrected chi connectivity index (χ2v) is 1.84. The molecule has 0 radical (unpaired) electrons. The summed E-state index contributed by atoms with van der Waals surface area (Å²) in [5.41, 5.74) is 0. The number of rotatable bonds is 3. The monoisotopic (exact) mass is 116 g/mol. The Bertz CT molecular complexity index is 70.9. The van der Waals surface area contributed by atoms with Crippen molar-refractivity contribution in [3.8, 4) is 0 Å². The lowest BCUT2D eigenvalue weighted by molar-refractivity contribution is 0.0686. The highest BCUT2D eigenvalue weighted by molar-refractivity contribution is 4.80. The van der Waals surface area contributed by atoms with Gasteiger partial charge in [-0.25, -0.2) is 0 Å². The van der Waals surface area contributed by atoms with Crippen LogP contribution in [-0.2, 0) is 0 Å². The van der Waals surface area contributed by atoms with Gasteiger partial charge in [0.15, 0.2) is 0 Å². The molecule has 0 fully saturated rings. The van der Waals surface area contributed by atoms with Gasteiger partial charge in [-0.1, -0.05) is 13.0 Å². The summed E-state index contributed by atoms with van der Waals surface area (Å²) in [6.45, 7) is 5.07. The Hall–Kier alpha value is -0.340.